The molecule has 6 nitrogen and oxygen atoms in total. The van der Waals surface area contributed by atoms with Crippen LogP contribution in [-0.4, -0.2) is 37.6 Å². The first kappa shape index (κ1) is 20.4. The van der Waals surface area contributed by atoms with E-state index in [1.165, 1.54) is 11.8 Å². The average molecular weight is 417 g/mol. The molecule has 0 spiro atoms. The van der Waals surface area contributed by atoms with Crippen LogP contribution in [0.2, 0.25) is 5.02 Å². The van der Waals surface area contributed by atoms with E-state index in [0.717, 1.165) is 17.7 Å². The molecule has 0 amide bonds. The second kappa shape index (κ2) is 9.71. The van der Waals surface area contributed by atoms with E-state index < -0.39 is 0 Å². The van der Waals surface area contributed by atoms with Crippen LogP contribution < -0.4 is 0 Å². The summed E-state index contributed by atoms with van der Waals surface area (Å²) in [5, 5.41) is 9.59. The van der Waals surface area contributed by atoms with Gasteiger partial charge in [-0.25, -0.2) is 0 Å². The Morgan fingerprint density at radius 2 is 2.11 bits per heavy atom. The lowest BCUT2D eigenvalue weighted by atomic mass is 10.2. The Hall–Kier alpha value is -2.38. The third kappa shape index (κ3) is 4.72. The van der Waals surface area contributed by atoms with Crippen LogP contribution in [0, 0.1) is 0 Å². The predicted octanol–water partition coefficient (Wildman–Crippen LogP) is 4.81. The number of rotatable bonds is 8. The summed E-state index contributed by atoms with van der Waals surface area (Å²) in [5.41, 5.74) is 1.64. The number of benzene rings is 1. The van der Waals surface area contributed by atoms with Crippen LogP contribution >= 0.6 is 23.4 Å². The number of aromatic nitrogens is 4. The molecule has 2 aromatic heterocycles. The molecule has 146 valence electrons. The van der Waals surface area contributed by atoms with Gasteiger partial charge in [-0.3, -0.25) is 14.3 Å². The van der Waals surface area contributed by atoms with Gasteiger partial charge >= 0.3 is 5.97 Å². The van der Waals surface area contributed by atoms with Gasteiger partial charge in [-0.2, -0.15) is 0 Å². The van der Waals surface area contributed by atoms with Gasteiger partial charge in [0.25, 0.3) is 0 Å². The van der Waals surface area contributed by atoms with Crippen LogP contribution in [0.3, 0.4) is 0 Å². The quantitative estimate of drug-likeness (QED) is 0.387. The van der Waals surface area contributed by atoms with E-state index in [1.54, 1.807) is 19.3 Å². The summed E-state index contributed by atoms with van der Waals surface area (Å²) in [7, 11) is 0. The SMILES string of the molecule is CCCC(Sc1nnc(-c2cccnc2)n1-c1cccc(Cl)c1)C(=O)OCC. The number of carbonyl (C=O) groups excluding carboxylic acids is 1. The van der Waals surface area contributed by atoms with Crippen LogP contribution in [0.1, 0.15) is 26.7 Å². The highest BCUT2D eigenvalue weighted by molar-refractivity contribution is 8.00. The van der Waals surface area contributed by atoms with Gasteiger partial charge in [-0.1, -0.05) is 42.8 Å². The van der Waals surface area contributed by atoms with Crippen molar-refractivity contribution >= 4 is 29.3 Å². The van der Waals surface area contributed by atoms with E-state index in [0.29, 0.717) is 29.0 Å². The van der Waals surface area contributed by atoms with Crippen molar-refractivity contribution in [2.24, 2.45) is 0 Å². The third-order valence-electron chi connectivity index (χ3n) is 3.97. The molecular formula is C20H21ClN4O2S. The van der Waals surface area contributed by atoms with Crippen molar-refractivity contribution in [2.45, 2.75) is 37.1 Å². The zero-order valence-electron chi connectivity index (χ0n) is 15.7. The molecule has 28 heavy (non-hydrogen) atoms. The van der Waals surface area contributed by atoms with Crippen molar-refractivity contribution in [1.82, 2.24) is 19.7 Å². The summed E-state index contributed by atoms with van der Waals surface area (Å²) in [5.74, 6) is 0.398. The lowest BCUT2D eigenvalue weighted by Gasteiger charge is -2.15. The lowest BCUT2D eigenvalue weighted by molar-refractivity contribution is -0.142. The van der Waals surface area contributed by atoms with E-state index >= 15 is 0 Å². The molecule has 0 bridgehead atoms. The largest absolute Gasteiger partial charge is 0.465 e. The molecule has 0 saturated carbocycles. The Labute approximate surface area is 173 Å². The molecule has 3 rings (SSSR count). The molecule has 1 atom stereocenters. The molecule has 0 aliphatic carbocycles. The molecule has 2 heterocycles. The van der Waals surface area contributed by atoms with E-state index in [9.17, 15) is 4.79 Å². The number of carbonyl (C=O) groups is 1. The van der Waals surface area contributed by atoms with Gasteiger partial charge in [-0.05, 0) is 43.7 Å². The first-order valence-electron chi connectivity index (χ1n) is 9.09. The topological polar surface area (TPSA) is 69.9 Å². The number of nitrogens with zero attached hydrogens (tertiary/aromatic N) is 4. The Kier molecular flexibility index (Phi) is 7.06. The summed E-state index contributed by atoms with van der Waals surface area (Å²) in [6.07, 6.45) is 4.98. The van der Waals surface area contributed by atoms with E-state index in [2.05, 4.69) is 15.2 Å². The maximum Gasteiger partial charge on any atom is 0.319 e. The Bertz CT molecular complexity index is 933. The van der Waals surface area contributed by atoms with Crippen LogP contribution in [0.15, 0.2) is 53.9 Å². The summed E-state index contributed by atoms with van der Waals surface area (Å²) < 4.78 is 7.13. The molecule has 0 N–H and O–H groups in total. The smallest absolute Gasteiger partial charge is 0.319 e. The van der Waals surface area contributed by atoms with Crippen molar-refractivity contribution < 1.29 is 9.53 Å². The van der Waals surface area contributed by atoms with Gasteiger partial charge in [0.2, 0.25) is 0 Å². The van der Waals surface area contributed by atoms with Crippen molar-refractivity contribution in [1.29, 1.82) is 0 Å². The maximum atomic E-state index is 12.4. The van der Waals surface area contributed by atoms with Gasteiger partial charge < -0.3 is 4.74 Å². The minimum Gasteiger partial charge on any atom is -0.465 e. The predicted molar refractivity (Wildman–Crippen MR) is 111 cm³/mol. The van der Waals surface area contributed by atoms with Gasteiger partial charge in [0.1, 0.15) is 5.25 Å². The highest BCUT2D eigenvalue weighted by Gasteiger charge is 2.25. The molecule has 8 heteroatoms. The molecule has 0 fully saturated rings. The molecule has 3 aromatic rings. The average Bonchev–Trinajstić information content (AvgIpc) is 3.12. The minimum atomic E-state index is -0.353. The van der Waals surface area contributed by atoms with Crippen molar-refractivity contribution in [2.75, 3.05) is 6.61 Å². The van der Waals surface area contributed by atoms with Crippen molar-refractivity contribution in [3.8, 4) is 17.1 Å². The van der Waals surface area contributed by atoms with Gasteiger partial charge in [-0.15, -0.1) is 10.2 Å². The standard InChI is InChI=1S/C20H21ClN4O2S/c1-3-7-17(19(26)27-4-2)28-20-24-23-18(14-8-6-11-22-13-14)25(20)16-10-5-9-15(21)12-16/h5-6,8-13,17H,3-4,7H2,1-2H3. The molecule has 1 aromatic carbocycles. The van der Waals surface area contributed by atoms with Crippen LogP contribution in [0.4, 0.5) is 0 Å². The van der Waals surface area contributed by atoms with Crippen LogP contribution in [0.25, 0.3) is 17.1 Å². The molecule has 0 radical (unpaired) electrons. The highest BCUT2D eigenvalue weighted by Crippen LogP contribution is 2.32. The molecule has 0 aliphatic heterocycles. The maximum absolute atomic E-state index is 12.4. The summed E-state index contributed by atoms with van der Waals surface area (Å²) in [6, 6.07) is 11.2. The minimum absolute atomic E-state index is 0.238. The highest BCUT2D eigenvalue weighted by atomic mass is 35.5. The fourth-order valence-corrected chi connectivity index (χ4v) is 4.07. The Morgan fingerprint density at radius 1 is 1.25 bits per heavy atom. The van der Waals surface area contributed by atoms with Crippen molar-refractivity contribution in [3.63, 3.8) is 0 Å². The fourth-order valence-electron chi connectivity index (χ4n) is 2.73. The van der Waals surface area contributed by atoms with Gasteiger partial charge in [0.05, 0.1) is 12.3 Å². The Balaban J connectivity index is 2.06. The first-order valence-corrected chi connectivity index (χ1v) is 10.3. The summed E-state index contributed by atoms with van der Waals surface area (Å²) >= 11 is 7.57. The monoisotopic (exact) mass is 416 g/mol. The number of hydrogen-bond acceptors (Lipinski definition) is 6. The van der Waals surface area contributed by atoms with E-state index in [-0.39, 0.29) is 11.2 Å². The molecule has 0 saturated heterocycles. The van der Waals surface area contributed by atoms with Crippen molar-refractivity contribution in [3.05, 3.63) is 53.8 Å². The number of thioether (sulfide) groups is 1. The second-order valence-electron chi connectivity index (χ2n) is 6.01. The van der Waals surface area contributed by atoms with E-state index in [1.807, 2.05) is 47.9 Å². The van der Waals surface area contributed by atoms with Gasteiger partial charge in [0.15, 0.2) is 11.0 Å². The first-order chi connectivity index (χ1) is 13.6. The second-order valence-corrected chi connectivity index (χ2v) is 7.62. The Morgan fingerprint density at radius 3 is 2.79 bits per heavy atom. The molecular weight excluding hydrogens is 396 g/mol. The molecule has 1 unspecified atom stereocenters. The summed E-state index contributed by atoms with van der Waals surface area (Å²) in [4.78, 5) is 16.6. The number of hydrogen-bond donors (Lipinski definition) is 0. The normalized spacial score (nSPS) is 12.0. The lowest BCUT2D eigenvalue weighted by Crippen LogP contribution is -2.20. The zero-order chi connectivity index (χ0) is 19.9. The zero-order valence-corrected chi connectivity index (χ0v) is 17.3. The number of pyridine rings is 1. The number of esters is 1. The van der Waals surface area contributed by atoms with Crippen LogP contribution in [0.5, 0.6) is 0 Å². The summed E-state index contributed by atoms with van der Waals surface area (Å²) in [6.45, 7) is 4.19. The fraction of sp³-hybridized carbons (Fsp3) is 0.300. The van der Waals surface area contributed by atoms with Gasteiger partial charge in [0, 0.05) is 23.0 Å². The van der Waals surface area contributed by atoms with E-state index in [4.69, 9.17) is 16.3 Å². The number of ether oxygens (including phenoxy) is 1. The third-order valence-corrected chi connectivity index (χ3v) is 5.39. The number of halogens is 1. The van der Waals surface area contributed by atoms with Crippen LogP contribution in [-0.2, 0) is 9.53 Å². The molecule has 0 aliphatic rings.